The van der Waals surface area contributed by atoms with Gasteiger partial charge in [-0.05, 0) is 12.1 Å². The summed E-state index contributed by atoms with van der Waals surface area (Å²) in [4.78, 5) is 4.44. The van der Waals surface area contributed by atoms with Crippen LogP contribution in [0.1, 0.15) is 5.82 Å². The first-order valence-corrected chi connectivity index (χ1v) is 7.18. The van der Waals surface area contributed by atoms with Gasteiger partial charge in [0.1, 0.15) is 0 Å². The minimum atomic E-state index is 0.281. The highest BCUT2D eigenvalue weighted by Gasteiger charge is 2.16. The number of alkyl halides is 1. The van der Waals surface area contributed by atoms with Crippen molar-refractivity contribution in [2.75, 3.05) is 0 Å². The number of hydrogen-bond acceptors (Lipinski definition) is 5. The molecule has 0 N–H and O–H groups in total. The molecular weight excluding hydrogens is 302 g/mol. The topological polar surface area (TPSA) is 69.1 Å². The number of nitrogens with zero attached hydrogens (tertiary/aromatic N) is 5. The van der Waals surface area contributed by atoms with E-state index in [9.17, 15) is 0 Å². The van der Waals surface area contributed by atoms with Crippen LogP contribution < -0.4 is 0 Å². The summed E-state index contributed by atoms with van der Waals surface area (Å²) in [5, 5.41) is 12.2. The van der Waals surface area contributed by atoms with Crippen LogP contribution in [0.4, 0.5) is 0 Å². The van der Waals surface area contributed by atoms with Crippen molar-refractivity contribution < 1.29 is 4.52 Å². The molecule has 22 heavy (non-hydrogen) atoms. The zero-order valence-corrected chi connectivity index (χ0v) is 12.1. The highest BCUT2D eigenvalue weighted by molar-refractivity contribution is 6.16. The number of hydrogen-bond donors (Lipinski definition) is 0. The van der Waals surface area contributed by atoms with Crippen LogP contribution >= 0.6 is 11.6 Å². The van der Waals surface area contributed by atoms with Gasteiger partial charge in [-0.15, -0.1) is 21.8 Å². The van der Waals surface area contributed by atoms with E-state index in [-0.39, 0.29) is 5.88 Å². The third-order valence-corrected chi connectivity index (χ3v) is 3.55. The molecule has 7 heteroatoms. The molecule has 1 aromatic carbocycles. The highest BCUT2D eigenvalue weighted by Crippen LogP contribution is 2.25. The third-order valence-electron chi connectivity index (χ3n) is 3.31. The van der Waals surface area contributed by atoms with Crippen molar-refractivity contribution in [2.24, 2.45) is 0 Å². The van der Waals surface area contributed by atoms with Crippen LogP contribution in [0.2, 0.25) is 0 Å². The second-order valence-electron chi connectivity index (χ2n) is 4.65. The lowest BCUT2D eigenvalue weighted by Crippen LogP contribution is -1.92. The number of rotatable bonds is 3. The summed E-state index contributed by atoms with van der Waals surface area (Å²) in [7, 11) is 0. The van der Waals surface area contributed by atoms with E-state index in [1.54, 1.807) is 0 Å². The van der Waals surface area contributed by atoms with Crippen LogP contribution in [0.5, 0.6) is 0 Å². The Balaban J connectivity index is 1.83. The molecule has 108 valence electrons. The molecule has 0 unspecified atom stereocenters. The molecule has 0 aliphatic carbocycles. The standard InChI is InChI=1S/C15H10ClN5O/c16-9-12-18-19-14-11(7-4-8-21(12)14)15-17-13(20-22-15)10-5-2-1-3-6-10/h1-8H,9H2. The zero-order chi connectivity index (χ0) is 14.9. The Morgan fingerprint density at radius 1 is 1.05 bits per heavy atom. The van der Waals surface area contributed by atoms with Gasteiger partial charge in [-0.25, -0.2) is 0 Å². The Bertz CT molecular complexity index is 931. The fourth-order valence-corrected chi connectivity index (χ4v) is 2.44. The summed E-state index contributed by atoms with van der Waals surface area (Å²) >= 11 is 5.86. The maximum Gasteiger partial charge on any atom is 0.262 e. The molecule has 0 atom stereocenters. The molecule has 0 aliphatic heterocycles. The first-order chi connectivity index (χ1) is 10.9. The third kappa shape index (κ3) is 2.05. The van der Waals surface area contributed by atoms with Gasteiger partial charge >= 0.3 is 0 Å². The minimum absolute atomic E-state index is 0.281. The summed E-state index contributed by atoms with van der Waals surface area (Å²) in [5.74, 6) is 1.89. The second-order valence-corrected chi connectivity index (χ2v) is 4.92. The SMILES string of the molecule is ClCc1nnc2c(-c3nc(-c4ccccc4)no3)cccn12. The smallest absolute Gasteiger partial charge is 0.262 e. The number of halogens is 1. The van der Waals surface area contributed by atoms with Gasteiger partial charge in [0.25, 0.3) is 5.89 Å². The van der Waals surface area contributed by atoms with Crippen LogP contribution in [0.15, 0.2) is 53.2 Å². The van der Waals surface area contributed by atoms with Gasteiger partial charge in [0.2, 0.25) is 5.82 Å². The molecule has 4 rings (SSSR count). The van der Waals surface area contributed by atoms with E-state index < -0.39 is 0 Å². The molecule has 3 aromatic heterocycles. The Morgan fingerprint density at radius 2 is 1.91 bits per heavy atom. The summed E-state index contributed by atoms with van der Waals surface area (Å²) in [5.41, 5.74) is 2.26. The van der Waals surface area contributed by atoms with Crippen molar-refractivity contribution in [3.05, 3.63) is 54.5 Å². The van der Waals surface area contributed by atoms with Crippen molar-refractivity contribution >= 4 is 17.2 Å². The Kier molecular flexibility index (Phi) is 3.08. The maximum absolute atomic E-state index is 5.86. The normalized spacial score (nSPS) is 11.1. The summed E-state index contributed by atoms with van der Waals surface area (Å²) in [6, 6.07) is 13.4. The van der Waals surface area contributed by atoms with Gasteiger partial charge in [0, 0.05) is 11.8 Å². The Hall–Kier alpha value is -2.73. The zero-order valence-electron chi connectivity index (χ0n) is 11.3. The van der Waals surface area contributed by atoms with Crippen molar-refractivity contribution in [3.63, 3.8) is 0 Å². The van der Waals surface area contributed by atoms with Crippen LogP contribution in [0, 0.1) is 0 Å². The van der Waals surface area contributed by atoms with Crippen LogP contribution in [-0.4, -0.2) is 24.7 Å². The van der Waals surface area contributed by atoms with Gasteiger partial charge in [0.15, 0.2) is 11.5 Å². The molecule has 4 aromatic rings. The fourth-order valence-electron chi connectivity index (χ4n) is 2.26. The summed E-state index contributed by atoms with van der Waals surface area (Å²) in [6.45, 7) is 0. The molecule has 3 heterocycles. The number of aromatic nitrogens is 5. The predicted octanol–water partition coefficient (Wildman–Crippen LogP) is 3.19. The van der Waals surface area contributed by atoms with Crippen LogP contribution in [-0.2, 0) is 5.88 Å². The maximum atomic E-state index is 5.86. The van der Waals surface area contributed by atoms with Gasteiger partial charge in [-0.3, -0.25) is 4.40 Å². The second kappa shape index (κ2) is 5.23. The van der Waals surface area contributed by atoms with Crippen molar-refractivity contribution in [3.8, 4) is 22.8 Å². The van der Waals surface area contributed by atoms with Crippen molar-refractivity contribution in [1.29, 1.82) is 0 Å². The summed E-state index contributed by atoms with van der Waals surface area (Å²) in [6.07, 6.45) is 1.85. The Morgan fingerprint density at radius 3 is 2.73 bits per heavy atom. The van der Waals surface area contributed by atoms with Gasteiger partial charge < -0.3 is 4.52 Å². The molecule has 0 spiro atoms. The number of fused-ring (bicyclic) bond motifs is 1. The predicted molar refractivity (Wildman–Crippen MR) is 81.3 cm³/mol. The highest BCUT2D eigenvalue weighted by atomic mass is 35.5. The molecule has 6 nitrogen and oxygen atoms in total. The van der Waals surface area contributed by atoms with E-state index in [0.717, 1.165) is 11.1 Å². The average molecular weight is 312 g/mol. The average Bonchev–Trinajstić information content (AvgIpc) is 3.22. The molecule has 0 radical (unpaired) electrons. The number of pyridine rings is 1. The van der Waals surface area contributed by atoms with Crippen LogP contribution in [0.25, 0.3) is 28.5 Å². The van der Waals surface area contributed by atoms with Gasteiger partial charge in [-0.2, -0.15) is 4.98 Å². The van der Waals surface area contributed by atoms with E-state index in [1.807, 2.05) is 53.1 Å². The molecule has 0 bridgehead atoms. The van der Waals surface area contributed by atoms with E-state index in [2.05, 4.69) is 20.3 Å². The molecule has 0 aliphatic rings. The first-order valence-electron chi connectivity index (χ1n) is 6.65. The molecule has 0 fully saturated rings. The van der Waals surface area contributed by atoms with E-state index in [0.29, 0.717) is 23.2 Å². The Labute approximate surface area is 130 Å². The van der Waals surface area contributed by atoms with Crippen molar-refractivity contribution in [1.82, 2.24) is 24.7 Å². The van der Waals surface area contributed by atoms with Crippen LogP contribution in [0.3, 0.4) is 0 Å². The molecular formula is C15H10ClN5O. The minimum Gasteiger partial charge on any atom is -0.333 e. The van der Waals surface area contributed by atoms with Gasteiger partial charge in [-0.1, -0.05) is 35.5 Å². The van der Waals surface area contributed by atoms with Crippen molar-refractivity contribution in [2.45, 2.75) is 5.88 Å². The first kappa shape index (κ1) is 13.0. The molecule has 0 amide bonds. The largest absolute Gasteiger partial charge is 0.333 e. The molecule has 0 saturated carbocycles. The van der Waals surface area contributed by atoms with E-state index in [1.165, 1.54) is 0 Å². The van der Waals surface area contributed by atoms with E-state index in [4.69, 9.17) is 16.1 Å². The fraction of sp³-hybridized carbons (Fsp3) is 0.0667. The van der Waals surface area contributed by atoms with Gasteiger partial charge in [0.05, 0.1) is 11.4 Å². The quantitative estimate of drug-likeness (QED) is 0.543. The lowest BCUT2D eigenvalue weighted by Gasteiger charge is -1.98. The van der Waals surface area contributed by atoms with E-state index >= 15 is 0 Å². The lowest BCUT2D eigenvalue weighted by molar-refractivity contribution is 0.432. The monoisotopic (exact) mass is 311 g/mol. The summed E-state index contributed by atoms with van der Waals surface area (Å²) < 4.78 is 7.20. The number of benzene rings is 1. The lowest BCUT2D eigenvalue weighted by atomic mass is 10.2. The molecule has 0 saturated heterocycles.